The van der Waals surface area contributed by atoms with Crippen molar-refractivity contribution in [2.45, 2.75) is 45.8 Å². The van der Waals surface area contributed by atoms with Crippen molar-refractivity contribution in [3.05, 3.63) is 0 Å². The third-order valence-corrected chi connectivity index (χ3v) is 3.79. The fraction of sp³-hybridized carbons (Fsp3) is 1.00. The molecule has 0 aromatic carbocycles. The predicted octanol–water partition coefficient (Wildman–Crippen LogP) is 0.435. The van der Waals surface area contributed by atoms with E-state index in [9.17, 15) is 0 Å². The van der Waals surface area contributed by atoms with Crippen LogP contribution < -0.4 is 5.73 Å². The minimum absolute atomic E-state index is 0.0400. The topological polar surface area (TPSA) is 35.2 Å². The molecule has 0 fully saturated rings. The summed E-state index contributed by atoms with van der Waals surface area (Å²) in [5.41, 5.74) is 5.87. The molecule has 0 amide bonds. The molecule has 0 aromatic heterocycles. The van der Waals surface area contributed by atoms with Crippen molar-refractivity contribution < 1.29 is 4.43 Å². The van der Waals surface area contributed by atoms with Gasteiger partial charge in [0.15, 0.2) is 0 Å². The highest BCUT2D eigenvalue weighted by molar-refractivity contribution is 5.98. The normalized spacial score (nSPS) is 18.3. The standard InChI is InChI=1S/C8H21NOSi/c1-5-7(9)6(2)8(3,4)10-11/h6-7H,5,9H2,1-4,11H3. The van der Waals surface area contributed by atoms with Crippen molar-refractivity contribution >= 4 is 10.5 Å². The summed E-state index contributed by atoms with van der Waals surface area (Å²) >= 11 is 0. The Labute approximate surface area is 73.0 Å². The van der Waals surface area contributed by atoms with Gasteiger partial charge in [-0.15, -0.1) is 0 Å². The van der Waals surface area contributed by atoms with Gasteiger partial charge in [0.25, 0.3) is 0 Å². The van der Waals surface area contributed by atoms with Crippen LogP contribution in [0.4, 0.5) is 0 Å². The minimum Gasteiger partial charge on any atom is -0.423 e. The Hall–Kier alpha value is 0.137. The molecule has 0 aliphatic rings. The number of hydrogen-bond acceptors (Lipinski definition) is 2. The molecule has 0 spiro atoms. The van der Waals surface area contributed by atoms with Gasteiger partial charge in [-0.25, -0.2) is 0 Å². The highest BCUT2D eigenvalue weighted by atomic mass is 28.2. The highest BCUT2D eigenvalue weighted by Crippen LogP contribution is 2.23. The molecule has 2 N–H and O–H groups in total. The molecule has 2 atom stereocenters. The Morgan fingerprint density at radius 1 is 1.55 bits per heavy atom. The average Bonchev–Trinajstić information content (AvgIpc) is 2.01. The van der Waals surface area contributed by atoms with Crippen LogP contribution in [0.1, 0.15) is 34.1 Å². The summed E-state index contributed by atoms with van der Waals surface area (Å²) in [5, 5.41) is 0. The van der Waals surface area contributed by atoms with Crippen LogP contribution in [0.3, 0.4) is 0 Å². The highest BCUT2D eigenvalue weighted by Gasteiger charge is 2.28. The third kappa shape index (κ3) is 2.93. The summed E-state index contributed by atoms with van der Waals surface area (Å²) in [5.74, 6) is 0.435. The van der Waals surface area contributed by atoms with Crippen LogP contribution in [0.5, 0.6) is 0 Å². The van der Waals surface area contributed by atoms with Crippen molar-refractivity contribution in [3.8, 4) is 0 Å². The second-order valence-electron chi connectivity index (χ2n) is 3.67. The number of rotatable bonds is 4. The second kappa shape index (κ2) is 4.23. The lowest BCUT2D eigenvalue weighted by atomic mass is 9.86. The van der Waals surface area contributed by atoms with Crippen molar-refractivity contribution in [2.24, 2.45) is 11.7 Å². The Balaban J connectivity index is 4.10. The van der Waals surface area contributed by atoms with Crippen LogP contribution in [0.25, 0.3) is 0 Å². The van der Waals surface area contributed by atoms with Crippen LogP contribution in [-0.4, -0.2) is 22.1 Å². The largest absolute Gasteiger partial charge is 0.423 e. The summed E-state index contributed by atoms with van der Waals surface area (Å²) in [6.45, 7) is 8.50. The van der Waals surface area contributed by atoms with Crippen LogP contribution in [0, 0.1) is 5.92 Å². The van der Waals surface area contributed by atoms with E-state index in [-0.39, 0.29) is 11.6 Å². The summed E-state index contributed by atoms with van der Waals surface area (Å²) in [4.78, 5) is 0. The van der Waals surface area contributed by atoms with Crippen molar-refractivity contribution in [1.29, 1.82) is 0 Å². The molecule has 0 rings (SSSR count). The van der Waals surface area contributed by atoms with Crippen molar-refractivity contribution in [2.75, 3.05) is 0 Å². The van der Waals surface area contributed by atoms with Crippen LogP contribution in [-0.2, 0) is 4.43 Å². The van der Waals surface area contributed by atoms with Crippen molar-refractivity contribution in [3.63, 3.8) is 0 Å². The molecule has 2 unspecified atom stereocenters. The van der Waals surface area contributed by atoms with E-state index in [1.165, 1.54) is 0 Å². The molecule has 0 saturated heterocycles. The Morgan fingerprint density at radius 2 is 2.00 bits per heavy atom. The fourth-order valence-electron chi connectivity index (χ4n) is 1.05. The lowest BCUT2D eigenvalue weighted by molar-refractivity contribution is 0.0481. The monoisotopic (exact) mass is 175 g/mol. The van der Waals surface area contributed by atoms with Gasteiger partial charge >= 0.3 is 0 Å². The Kier molecular flexibility index (Phi) is 4.29. The zero-order valence-electron chi connectivity index (χ0n) is 8.35. The SMILES string of the molecule is CCC(N)C(C)C(C)(C)O[SiH3]. The van der Waals surface area contributed by atoms with E-state index in [0.29, 0.717) is 5.92 Å². The molecular weight excluding hydrogens is 154 g/mol. The van der Waals surface area contributed by atoms with Gasteiger partial charge < -0.3 is 10.2 Å². The summed E-state index contributed by atoms with van der Waals surface area (Å²) in [7, 11) is 0.788. The molecule has 0 heterocycles. The molecule has 3 heteroatoms. The molecule has 0 bridgehead atoms. The lowest BCUT2D eigenvalue weighted by Gasteiger charge is -2.34. The van der Waals surface area contributed by atoms with E-state index in [1.807, 2.05) is 0 Å². The number of nitrogens with two attached hydrogens (primary N) is 1. The molecule has 0 radical (unpaired) electrons. The second-order valence-corrected chi connectivity index (χ2v) is 4.08. The quantitative estimate of drug-likeness (QED) is 0.629. The summed E-state index contributed by atoms with van der Waals surface area (Å²) < 4.78 is 5.48. The van der Waals surface area contributed by atoms with E-state index >= 15 is 0 Å². The van der Waals surface area contributed by atoms with Gasteiger partial charge in [0.1, 0.15) is 10.5 Å². The smallest absolute Gasteiger partial charge is 0.146 e. The Morgan fingerprint density at radius 3 is 2.27 bits per heavy atom. The van der Waals surface area contributed by atoms with E-state index < -0.39 is 0 Å². The first kappa shape index (κ1) is 11.1. The van der Waals surface area contributed by atoms with E-state index in [2.05, 4.69) is 27.7 Å². The Bertz CT molecular complexity index is 117. The molecule has 0 aliphatic heterocycles. The minimum atomic E-state index is -0.0400. The van der Waals surface area contributed by atoms with E-state index in [0.717, 1.165) is 16.9 Å². The van der Waals surface area contributed by atoms with Crippen LogP contribution in [0.2, 0.25) is 0 Å². The maximum Gasteiger partial charge on any atom is 0.146 e. The zero-order chi connectivity index (χ0) is 9.07. The van der Waals surface area contributed by atoms with Gasteiger partial charge in [-0.2, -0.15) is 0 Å². The predicted molar refractivity (Wildman–Crippen MR) is 52.5 cm³/mol. The van der Waals surface area contributed by atoms with Gasteiger partial charge in [-0.05, 0) is 26.2 Å². The molecule has 0 aromatic rings. The van der Waals surface area contributed by atoms with Gasteiger partial charge in [0.05, 0.1) is 5.60 Å². The van der Waals surface area contributed by atoms with Crippen molar-refractivity contribution in [1.82, 2.24) is 0 Å². The third-order valence-electron chi connectivity index (χ3n) is 2.74. The van der Waals surface area contributed by atoms with Gasteiger partial charge in [-0.1, -0.05) is 13.8 Å². The molecule has 0 saturated carbocycles. The van der Waals surface area contributed by atoms with Gasteiger partial charge in [0, 0.05) is 6.04 Å². The van der Waals surface area contributed by atoms with Crippen LogP contribution in [0.15, 0.2) is 0 Å². The van der Waals surface area contributed by atoms with Crippen LogP contribution >= 0.6 is 0 Å². The molecule has 11 heavy (non-hydrogen) atoms. The molecule has 0 aliphatic carbocycles. The number of hydrogen-bond donors (Lipinski definition) is 1. The fourth-order valence-corrected chi connectivity index (χ4v) is 1.43. The van der Waals surface area contributed by atoms with E-state index in [4.69, 9.17) is 10.2 Å². The first-order valence-corrected chi connectivity index (χ1v) is 5.08. The zero-order valence-corrected chi connectivity index (χ0v) is 10.3. The van der Waals surface area contributed by atoms with Gasteiger partial charge in [0.2, 0.25) is 0 Å². The van der Waals surface area contributed by atoms with Gasteiger partial charge in [-0.3, -0.25) is 0 Å². The maximum absolute atomic E-state index is 5.91. The molecular formula is C8H21NOSi. The first-order valence-electron chi connectivity index (χ1n) is 4.26. The van der Waals surface area contributed by atoms with E-state index in [1.54, 1.807) is 0 Å². The summed E-state index contributed by atoms with van der Waals surface area (Å²) in [6, 6.07) is 0.263. The first-order chi connectivity index (χ1) is 4.95. The molecule has 2 nitrogen and oxygen atoms in total. The average molecular weight is 175 g/mol. The lowest BCUT2D eigenvalue weighted by Crippen LogP contribution is -2.43. The summed E-state index contributed by atoms with van der Waals surface area (Å²) in [6.07, 6.45) is 1.02. The maximum atomic E-state index is 5.91. The molecule has 68 valence electrons.